The maximum atomic E-state index is 10.5. The highest BCUT2D eigenvalue weighted by molar-refractivity contribution is 5.65. The van der Waals surface area contributed by atoms with Gasteiger partial charge in [-0.25, -0.2) is 4.79 Å². The largest absolute Gasteiger partial charge is 0.511 e. The first-order valence-electron chi connectivity index (χ1n) is 5.98. The zero-order chi connectivity index (χ0) is 13.5. The molecule has 0 aliphatic carbocycles. The van der Waals surface area contributed by atoms with Crippen molar-refractivity contribution in [2.45, 2.75) is 33.1 Å². The number of phenols is 1. The minimum absolute atomic E-state index is 0.103. The molecule has 0 aliphatic heterocycles. The molecule has 1 rings (SSSR count). The zero-order valence-electron chi connectivity index (χ0n) is 10.6. The van der Waals surface area contributed by atoms with E-state index in [1.54, 1.807) is 6.07 Å². The van der Waals surface area contributed by atoms with E-state index in [4.69, 9.17) is 9.84 Å². The third kappa shape index (κ3) is 3.55. The van der Waals surface area contributed by atoms with Crippen molar-refractivity contribution in [3.8, 4) is 17.2 Å². The number of hydrogen-bond acceptors (Lipinski definition) is 4. The van der Waals surface area contributed by atoms with Crippen LogP contribution in [0.5, 0.6) is 17.2 Å². The lowest BCUT2D eigenvalue weighted by Gasteiger charge is -2.14. The van der Waals surface area contributed by atoms with Crippen LogP contribution < -0.4 is 9.47 Å². The van der Waals surface area contributed by atoms with Crippen molar-refractivity contribution in [2.24, 2.45) is 0 Å². The second-order valence-electron chi connectivity index (χ2n) is 3.87. The summed E-state index contributed by atoms with van der Waals surface area (Å²) in [6.07, 6.45) is 0.991. The average molecular weight is 254 g/mol. The smallest absolute Gasteiger partial charge is 0.502 e. The first-order chi connectivity index (χ1) is 8.60. The Hall–Kier alpha value is -1.91. The minimum atomic E-state index is -1.46. The van der Waals surface area contributed by atoms with Crippen LogP contribution in [0.2, 0.25) is 0 Å². The van der Waals surface area contributed by atoms with Crippen molar-refractivity contribution in [2.75, 3.05) is 6.61 Å². The number of hydrogen-bond donors (Lipinski definition) is 2. The fourth-order valence-corrected chi connectivity index (χ4v) is 1.60. The molecule has 0 radical (unpaired) electrons. The molecule has 0 spiro atoms. The highest BCUT2D eigenvalue weighted by Gasteiger charge is 2.16. The van der Waals surface area contributed by atoms with Crippen molar-refractivity contribution >= 4 is 6.16 Å². The predicted octanol–water partition coefficient (Wildman–Crippen LogP) is 3.19. The average Bonchev–Trinajstić information content (AvgIpc) is 2.32. The number of carbonyl (C=O) groups is 1. The van der Waals surface area contributed by atoms with Crippen LogP contribution in [0.15, 0.2) is 12.1 Å². The summed E-state index contributed by atoms with van der Waals surface area (Å²) < 4.78 is 9.95. The third-order valence-corrected chi connectivity index (χ3v) is 2.34. The standard InChI is InChI=1S/C13H18O5/c1-3-5-9-6-7-10(18-13(15)16)11(14)12(9)17-8-4-2/h6-7,14H,3-5,8H2,1-2H3,(H,15,16). The summed E-state index contributed by atoms with van der Waals surface area (Å²) in [5, 5.41) is 18.5. The van der Waals surface area contributed by atoms with Gasteiger partial charge in [-0.05, 0) is 24.5 Å². The van der Waals surface area contributed by atoms with Gasteiger partial charge in [0.25, 0.3) is 0 Å². The normalized spacial score (nSPS) is 10.1. The Balaban J connectivity index is 3.08. The Labute approximate surface area is 106 Å². The lowest BCUT2D eigenvalue weighted by atomic mass is 10.1. The van der Waals surface area contributed by atoms with Crippen molar-refractivity contribution in [1.29, 1.82) is 0 Å². The van der Waals surface area contributed by atoms with Gasteiger partial charge in [0.1, 0.15) is 0 Å². The van der Waals surface area contributed by atoms with Gasteiger partial charge in [-0.1, -0.05) is 26.3 Å². The lowest BCUT2D eigenvalue weighted by Crippen LogP contribution is -2.05. The Bertz CT molecular complexity index is 414. The Morgan fingerprint density at radius 2 is 2.00 bits per heavy atom. The van der Waals surface area contributed by atoms with Gasteiger partial charge in [0, 0.05) is 0 Å². The molecule has 100 valence electrons. The van der Waals surface area contributed by atoms with E-state index in [1.807, 2.05) is 13.8 Å². The van der Waals surface area contributed by atoms with Gasteiger partial charge in [-0.15, -0.1) is 0 Å². The fraction of sp³-hybridized carbons (Fsp3) is 0.462. The van der Waals surface area contributed by atoms with Crippen molar-refractivity contribution < 1.29 is 24.5 Å². The second-order valence-corrected chi connectivity index (χ2v) is 3.87. The van der Waals surface area contributed by atoms with E-state index in [9.17, 15) is 9.90 Å². The summed E-state index contributed by atoms with van der Waals surface area (Å²) in [7, 11) is 0. The van der Waals surface area contributed by atoms with E-state index >= 15 is 0 Å². The van der Waals surface area contributed by atoms with Crippen molar-refractivity contribution in [3.63, 3.8) is 0 Å². The van der Waals surface area contributed by atoms with Crippen molar-refractivity contribution in [1.82, 2.24) is 0 Å². The number of phenolic OH excluding ortho intramolecular Hbond substituents is 1. The number of carboxylic acid groups (broad SMARTS) is 1. The summed E-state index contributed by atoms with van der Waals surface area (Å²) in [6.45, 7) is 4.43. The highest BCUT2D eigenvalue weighted by atomic mass is 16.7. The summed E-state index contributed by atoms with van der Waals surface area (Å²) in [5.74, 6) is -0.0392. The summed E-state index contributed by atoms with van der Waals surface area (Å²) in [5.41, 5.74) is 0.848. The van der Waals surface area contributed by atoms with Crippen LogP contribution in [0.4, 0.5) is 4.79 Å². The van der Waals surface area contributed by atoms with Gasteiger partial charge in [-0.3, -0.25) is 0 Å². The van der Waals surface area contributed by atoms with Crippen LogP contribution in [0.3, 0.4) is 0 Å². The van der Waals surface area contributed by atoms with Gasteiger partial charge >= 0.3 is 6.16 Å². The molecule has 1 aromatic carbocycles. The minimum Gasteiger partial charge on any atom is -0.502 e. The van der Waals surface area contributed by atoms with Crippen LogP contribution in [0, 0.1) is 0 Å². The summed E-state index contributed by atoms with van der Waals surface area (Å²) in [6, 6.07) is 3.15. The van der Waals surface area contributed by atoms with Gasteiger partial charge in [0.2, 0.25) is 5.75 Å². The molecular formula is C13H18O5. The maximum absolute atomic E-state index is 10.5. The summed E-state index contributed by atoms with van der Waals surface area (Å²) in [4.78, 5) is 10.5. The molecule has 0 heterocycles. The SMILES string of the molecule is CCCOc1c(CCC)ccc(OC(=O)O)c1O. The molecular weight excluding hydrogens is 236 g/mol. The number of aromatic hydroxyl groups is 1. The van der Waals surface area contributed by atoms with Crippen LogP contribution in [-0.2, 0) is 6.42 Å². The number of ether oxygens (including phenoxy) is 2. The molecule has 18 heavy (non-hydrogen) atoms. The van der Waals surface area contributed by atoms with Gasteiger partial charge in [-0.2, -0.15) is 0 Å². The molecule has 2 N–H and O–H groups in total. The molecule has 5 nitrogen and oxygen atoms in total. The van der Waals surface area contributed by atoms with E-state index in [2.05, 4.69) is 4.74 Å². The Morgan fingerprint density at radius 3 is 2.56 bits per heavy atom. The Morgan fingerprint density at radius 1 is 1.28 bits per heavy atom. The summed E-state index contributed by atoms with van der Waals surface area (Å²) >= 11 is 0. The molecule has 0 aromatic heterocycles. The van der Waals surface area contributed by atoms with Gasteiger partial charge in [0.15, 0.2) is 11.5 Å². The second kappa shape index (κ2) is 6.74. The molecule has 1 aromatic rings. The quantitative estimate of drug-likeness (QED) is 0.602. The monoisotopic (exact) mass is 254 g/mol. The molecule has 0 unspecified atom stereocenters. The topological polar surface area (TPSA) is 76.0 Å². The Kier molecular flexibility index (Phi) is 5.30. The van der Waals surface area contributed by atoms with E-state index in [0.717, 1.165) is 24.8 Å². The fourth-order valence-electron chi connectivity index (χ4n) is 1.60. The molecule has 0 fully saturated rings. The van der Waals surface area contributed by atoms with E-state index in [1.165, 1.54) is 6.07 Å². The number of rotatable bonds is 6. The molecule has 0 amide bonds. The maximum Gasteiger partial charge on any atom is 0.511 e. The number of aryl methyl sites for hydroxylation is 1. The first kappa shape index (κ1) is 14.2. The zero-order valence-corrected chi connectivity index (χ0v) is 10.6. The molecule has 5 heteroatoms. The third-order valence-electron chi connectivity index (χ3n) is 2.34. The van der Waals surface area contributed by atoms with E-state index in [-0.39, 0.29) is 11.5 Å². The van der Waals surface area contributed by atoms with Crippen LogP contribution in [0.25, 0.3) is 0 Å². The van der Waals surface area contributed by atoms with Gasteiger partial charge in [0.05, 0.1) is 6.61 Å². The van der Waals surface area contributed by atoms with E-state index in [0.29, 0.717) is 12.4 Å². The molecule has 0 atom stereocenters. The first-order valence-corrected chi connectivity index (χ1v) is 5.98. The van der Waals surface area contributed by atoms with Crippen LogP contribution in [0.1, 0.15) is 32.3 Å². The predicted molar refractivity (Wildman–Crippen MR) is 66.5 cm³/mol. The lowest BCUT2D eigenvalue weighted by molar-refractivity contribution is 0.142. The molecule has 0 saturated heterocycles. The molecule has 0 aliphatic rings. The molecule has 0 saturated carbocycles. The van der Waals surface area contributed by atoms with E-state index < -0.39 is 6.16 Å². The van der Waals surface area contributed by atoms with Gasteiger partial charge < -0.3 is 19.7 Å². The van der Waals surface area contributed by atoms with Crippen molar-refractivity contribution in [3.05, 3.63) is 17.7 Å². The van der Waals surface area contributed by atoms with Crippen LogP contribution in [-0.4, -0.2) is 23.0 Å². The van der Waals surface area contributed by atoms with Crippen LogP contribution >= 0.6 is 0 Å². The molecule has 0 bridgehead atoms. The number of benzene rings is 1. The highest BCUT2D eigenvalue weighted by Crippen LogP contribution is 2.39.